The molecular formula is C10H19N. The van der Waals surface area contributed by atoms with E-state index in [4.69, 9.17) is 0 Å². The number of nitrogens with one attached hydrogen (secondary N) is 1. The number of hydrogen-bond donors (Lipinski definition) is 1. The van der Waals surface area contributed by atoms with E-state index < -0.39 is 0 Å². The van der Waals surface area contributed by atoms with Crippen molar-refractivity contribution in [3.8, 4) is 0 Å². The Morgan fingerprint density at radius 2 is 2.00 bits per heavy atom. The lowest BCUT2D eigenvalue weighted by Crippen LogP contribution is -2.42. The van der Waals surface area contributed by atoms with Gasteiger partial charge in [0.1, 0.15) is 0 Å². The van der Waals surface area contributed by atoms with Gasteiger partial charge in [-0.15, -0.1) is 0 Å². The maximum Gasteiger partial charge on any atom is 0.0124 e. The van der Waals surface area contributed by atoms with E-state index >= 15 is 0 Å². The second kappa shape index (κ2) is 2.78. The Bertz CT molecular complexity index is 128. The molecule has 0 bridgehead atoms. The summed E-state index contributed by atoms with van der Waals surface area (Å²) < 4.78 is 0. The Morgan fingerprint density at radius 3 is 2.73 bits per heavy atom. The van der Waals surface area contributed by atoms with E-state index in [2.05, 4.69) is 19.2 Å². The number of fused-ring (bicyclic) bond motifs is 1. The lowest BCUT2D eigenvalue weighted by Gasteiger charge is -2.30. The van der Waals surface area contributed by atoms with E-state index in [0.717, 1.165) is 23.8 Å². The smallest absolute Gasteiger partial charge is 0.0124 e. The highest BCUT2D eigenvalue weighted by Crippen LogP contribution is 2.40. The molecule has 0 aromatic heterocycles. The molecule has 2 aliphatic rings. The van der Waals surface area contributed by atoms with Crippen molar-refractivity contribution in [2.24, 2.45) is 17.8 Å². The summed E-state index contributed by atoms with van der Waals surface area (Å²) in [7, 11) is 0. The molecule has 1 saturated heterocycles. The molecule has 1 saturated carbocycles. The molecule has 64 valence electrons. The summed E-state index contributed by atoms with van der Waals surface area (Å²) >= 11 is 0. The summed E-state index contributed by atoms with van der Waals surface area (Å²) in [4.78, 5) is 0. The van der Waals surface area contributed by atoms with Crippen LogP contribution in [0.3, 0.4) is 0 Å². The molecule has 1 aliphatic heterocycles. The fraction of sp³-hybridized carbons (Fsp3) is 1.00. The van der Waals surface area contributed by atoms with Crippen LogP contribution in [0.4, 0.5) is 0 Å². The molecule has 1 nitrogen and oxygen atoms in total. The van der Waals surface area contributed by atoms with Crippen LogP contribution >= 0.6 is 0 Å². The third kappa shape index (κ3) is 1.20. The van der Waals surface area contributed by atoms with Gasteiger partial charge >= 0.3 is 0 Å². The van der Waals surface area contributed by atoms with Crippen LogP contribution in [0.25, 0.3) is 0 Å². The lowest BCUT2D eigenvalue weighted by molar-refractivity contribution is 0.256. The van der Waals surface area contributed by atoms with E-state index in [1.807, 2.05) is 0 Å². The summed E-state index contributed by atoms with van der Waals surface area (Å²) in [5, 5.41) is 3.66. The predicted molar refractivity (Wildman–Crippen MR) is 47.5 cm³/mol. The maximum absolute atomic E-state index is 3.66. The van der Waals surface area contributed by atoms with Crippen molar-refractivity contribution in [2.75, 3.05) is 6.54 Å². The molecule has 0 radical (unpaired) electrons. The summed E-state index contributed by atoms with van der Waals surface area (Å²) in [6.45, 7) is 6.09. The molecule has 1 heterocycles. The molecular weight excluding hydrogens is 134 g/mol. The number of hydrogen-bond acceptors (Lipinski definition) is 1. The molecule has 11 heavy (non-hydrogen) atoms. The monoisotopic (exact) mass is 153 g/mol. The largest absolute Gasteiger partial charge is 0.313 e. The zero-order valence-electron chi connectivity index (χ0n) is 7.64. The van der Waals surface area contributed by atoms with Gasteiger partial charge in [0.05, 0.1) is 0 Å². The van der Waals surface area contributed by atoms with Crippen LogP contribution in [0, 0.1) is 17.8 Å². The van der Waals surface area contributed by atoms with Gasteiger partial charge in [-0.1, -0.05) is 13.8 Å². The van der Waals surface area contributed by atoms with Gasteiger partial charge in [-0.3, -0.25) is 0 Å². The first-order valence-electron chi connectivity index (χ1n) is 5.02. The van der Waals surface area contributed by atoms with Gasteiger partial charge in [0.15, 0.2) is 0 Å². The third-order valence-corrected chi connectivity index (χ3v) is 3.64. The van der Waals surface area contributed by atoms with Crippen molar-refractivity contribution in [3.05, 3.63) is 0 Å². The zero-order chi connectivity index (χ0) is 7.84. The van der Waals surface area contributed by atoms with Gasteiger partial charge < -0.3 is 5.32 Å². The van der Waals surface area contributed by atoms with Gasteiger partial charge in [0.2, 0.25) is 0 Å². The Hall–Kier alpha value is -0.0400. The van der Waals surface area contributed by atoms with Gasteiger partial charge in [-0.05, 0) is 43.6 Å². The zero-order valence-corrected chi connectivity index (χ0v) is 7.64. The summed E-state index contributed by atoms with van der Waals surface area (Å²) in [5.41, 5.74) is 0. The lowest BCUT2D eigenvalue weighted by atomic mass is 9.87. The quantitative estimate of drug-likeness (QED) is 0.561. The van der Waals surface area contributed by atoms with Crippen LogP contribution in [0.5, 0.6) is 0 Å². The van der Waals surface area contributed by atoms with E-state index in [1.165, 1.54) is 25.8 Å². The molecule has 1 aliphatic carbocycles. The fourth-order valence-corrected chi connectivity index (χ4v) is 3.11. The van der Waals surface area contributed by atoms with Gasteiger partial charge in [0.25, 0.3) is 0 Å². The Morgan fingerprint density at radius 1 is 1.18 bits per heavy atom. The predicted octanol–water partition coefficient (Wildman–Crippen LogP) is 2.03. The van der Waals surface area contributed by atoms with Gasteiger partial charge in [-0.2, -0.15) is 0 Å². The molecule has 1 heteroatoms. The van der Waals surface area contributed by atoms with Crippen LogP contribution in [0.1, 0.15) is 33.1 Å². The van der Waals surface area contributed by atoms with Crippen LogP contribution in [-0.4, -0.2) is 12.6 Å². The summed E-state index contributed by atoms with van der Waals surface area (Å²) in [6.07, 6.45) is 4.32. The molecule has 0 aromatic rings. The van der Waals surface area contributed by atoms with Crippen molar-refractivity contribution in [3.63, 3.8) is 0 Å². The average Bonchev–Trinajstić information content (AvgIpc) is 2.30. The standard InChI is InChI=1S/C10H19N/c1-7-6-8(2)10-9(7)4-3-5-11-10/h7-11H,3-6H2,1-2H3. The molecule has 2 fully saturated rings. The highest BCUT2D eigenvalue weighted by atomic mass is 14.9. The maximum atomic E-state index is 3.66. The Kier molecular flexibility index (Phi) is 1.92. The normalized spacial score (nSPS) is 50.7. The molecule has 4 atom stereocenters. The van der Waals surface area contributed by atoms with Crippen molar-refractivity contribution in [1.29, 1.82) is 0 Å². The van der Waals surface area contributed by atoms with Gasteiger partial charge in [0, 0.05) is 6.04 Å². The third-order valence-electron chi connectivity index (χ3n) is 3.64. The second-order valence-corrected chi connectivity index (χ2v) is 4.48. The van der Waals surface area contributed by atoms with Crippen molar-refractivity contribution in [2.45, 2.75) is 39.2 Å². The second-order valence-electron chi connectivity index (χ2n) is 4.48. The van der Waals surface area contributed by atoms with Crippen LogP contribution in [0.15, 0.2) is 0 Å². The van der Waals surface area contributed by atoms with Gasteiger partial charge in [-0.25, -0.2) is 0 Å². The fourth-order valence-electron chi connectivity index (χ4n) is 3.11. The minimum atomic E-state index is 0.860. The highest BCUT2D eigenvalue weighted by Gasteiger charge is 2.39. The molecule has 2 rings (SSSR count). The molecule has 0 spiro atoms. The SMILES string of the molecule is CC1CC(C)C2NCCCC12. The first-order chi connectivity index (χ1) is 5.29. The molecule has 0 amide bonds. The first-order valence-corrected chi connectivity index (χ1v) is 5.02. The van der Waals surface area contributed by atoms with Crippen LogP contribution < -0.4 is 5.32 Å². The highest BCUT2D eigenvalue weighted by molar-refractivity contribution is 4.94. The van der Waals surface area contributed by atoms with Crippen molar-refractivity contribution < 1.29 is 0 Å². The van der Waals surface area contributed by atoms with Crippen molar-refractivity contribution in [1.82, 2.24) is 5.32 Å². The molecule has 1 N–H and O–H groups in total. The summed E-state index contributed by atoms with van der Waals surface area (Å²) in [5.74, 6) is 2.90. The topological polar surface area (TPSA) is 12.0 Å². The van der Waals surface area contributed by atoms with E-state index in [0.29, 0.717) is 0 Å². The number of rotatable bonds is 0. The average molecular weight is 153 g/mol. The first kappa shape index (κ1) is 7.60. The minimum absolute atomic E-state index is 0.860. The minimum Gasteiger partial charge on any atom is -0.313 e. The van der Waals surface area contributed by atoms with E-state index in [9.17, 15) is 0 Å². The summed E-state index contributed by atoms with van der Waals surface area (Å²) in [6, 6.07) is 0.860. The molecule has 0 aromatic carbocycles. The Balaban J connectivity index is 2.07. The number of piperidine rings is 1. The van der Waals surface area contributed by atoms with E-state index in [1.54, 1.807) is 0 Å². The van der Waals surface area contributed by atoms with E-state index in [-0.39, 0.29) is 0 Å². The Labute approximate surface area is 69.6 Å². The van der Waals surface area contributed by atoms with Crippen LogP contribution in [0.2, 0.25) is 0 Å². The van der Waals surface area contributed by atoms with Crippen LogP contribution in [-0.2, 0) is 0 Å². The molecule has 4 unspecified atom stereocenters. The van der Waals surface area contributed by atoms with Crippen molar-refractivity contribution >= 4 is 0 Å².